The summed E-state index contributed by atoms with van der Waals surface area (Å²) < 4.78 is 28.5. The van der Waals surface area contributed by atoms with Crippen molar-refractivity contribution in [3.63, 3.8) is 0 Å². The Kier molecular flexibility index (Phi) is 4.04. The van der Waals surface area contributed by atoms with E-state index in [1.807, 2.05) is 0 Å². The van der Waals surface area contributed by atoms with Gasteiger partial charge in [0.25, 0.3) is 0 Å². The number of fused-ring (bicyclic) bond motifs is 4. The molecule has 2 aromatic rings. The van der Waals surface area contributed by atoms with Crippen molar-refractivity contribution in [1.29, 1.82) is 0 Å². The summed E-state index contributed by atoms with van der Waals surface area (Å²) in [4.78, 5) is 19.9. The number of sulfonamides is 1. The van der Waals surface area contributed by atoms with Crippen LogP contribution in [0.3, 0.4) is 0 Å². The lowest BCUT2D eigenvalue weighted by Gasteiger charge is -2.34. The van der Waals surface area contributed by atoms with E-state index >= 15 is 0 Å². The highest BCUT2D eigenvalue weighted by Gasteiger charge is 2.47. The quantitative estimate of drug-likeness (QED) is 0.892. The Labute approximate surface area is 152 Å². The fourth-order valence-electron chi connectivity index (χ4n) is 4.08. The van der Waals surface area contributed by atoms with E-state index in [0.717, 1.165) is 24.1 Å². The van der Waals surface area contributed by atoms with Crippen molar-refractivity contribution in [2.45, 2.75) is 50.1 Å². The molecule has 4 rings (SSSR count). The van der Waals surface area contributed by atoms with Crippen molar-refractivity contribution in [2.24, 2.45) is 0 Å². The molecule has 1 fully saturated rings. The Morgan fingerprint density at radius 3 is 2.85 bits per heavy atom. The summed E-state index contributed by atoms with van der Waals surface area (Å²) in [6.45, 7) is 3.17. The van der Waals surface area contributed by atoms with Crippen LogP contribution in [-0.4, -0.2) is 34.6 Å². The topological polar surface area (TPSA) is 92.3 Å². The van der Waals surface area contributed by atoms with Crippen molar-refractivity contribution in [1.82, 2.24) is 14.3 Å². The molecule has 1 N–H and O–H groups in total. The van der Waals surface area contributed by atoms with E-state index in [-0.39, 0.29) is 22.9 Å². The monoisotopic (exact) mass is 372 g/mol. The number of aromatic nitrogens is 2. The van der Waals surface area contributed by atoms with Crippen molar-refractivity contribution in [3.05, 3.63) is 47.5 Å². The zero-order valence-electron chi connectivity index (χ0n) is 14.6. The number of benzene rings is 1. The third-order valence-electron chi connectivity index (χ3n) is 5.11. The van der Waals surface area contributed by atoms with Crippen molar-refractivity contribution >= 4 is 21.6 Å². The van der Waals surface area contributed by atoms with E-state index in [0.29, 0.717) is 17.7 Å². The molecule has 1 aromatic heterocycles. The summed E-state index contributed by atoms with van der Waals surface area (Å²) >= 11 is 0. The molecule has 0 saturated carbocycles. The van der Waals surface area contributed by atoms with Gasteiger partial charge in [0.05, 0.1) is 16.6 Å². The molecule has 1 aromatic carbocycles. The third kappa shape index (κ3) is 2.69. The van der Waals surface area contributed by atoms with Crippen LogP contribution in [0.25, 0.3) is 0 Å². The third-order valence-corrected chi connectivity index (χ3v) is 7.23. The average Bonchev–Trinajstić information content (AvgIpc) is 2.91. The van der Waals surface area contributed by atoms with Crippen molar-refractivity contribution < 1.29 is 13.2 Å². The van der Waals surface area contributed by atoms with Gasteiger partial charge >= 0.3 is 0 Å². The highest BCUT2D eigenvalue weighted by molar-refractivity contribution is 7.89. The zero-order chi connectivity index (χ0) is 18.5. The van der Waals surface area contributed by atoms with Crippen LogP contribution >= 0.6 is 0 Å². The van der Waals surface area contributed by atoms with Gasteiger partial charge in [-0.05, 0) is 43.5 Å². The maximum Gasteiger partial charge on any atom is 0.244 e. The lowest BCUT2D eigenvalue weighted by atomic mass is 10.0. The average molecular weight is 372 g/mol. The Morgan fingerprint density at radius 2 is 2.12 bits per heavy atom. The van der Waals surface area contributed by atoms with E-state index in [1.54, 1.807) is 35.6 Å². The standard InChI is InChI=1S/C18H20N4O3S/c1-11-7-13(21-12(2)23)3-6-18(11)26(24,25)22-14-4-5-17(22)15-9-19-10-20-16(15)8-14/h3,6-7,9-10,14,17H,4-5,8H2,1-2H3,(H,21,23). The molecule has 1 saturated heterocycles. The van der Waals surface area contributed by atoms with Gasteiger partial charge in [0.1, 0.15) is 6.33 Å². The fraction of sp³-hybridized carbons (Fsp3) is 0.389. The summed E-state index contributed by atoms with van der Waals surface area (Å²) in [5, 5.41) is 2.68. The minimum absolute atomic E-state index is 0.0678. The normalized spacial score (nSPS) is 22.1. The van der Waals surface area contributed by atoms with Crippen molar-refractivity contribution in [2.75, 3.05) is 5.32 Å². The van der Waals surface area contributed by atoms with Crippen LogP contribution < -0.4 is 5.32 Å². The summed E-state index contributed by atoms with van der Waals surface area (Å²) in [7, 11) is -3.65. The fourth-order valence-corrected chi connectivity index (χ4v) is 6.14. The van der Waals surface area contributed by atoms with Gasteiger partial charge in [-0.15, -0.1) is 0 Å². The highest BCUT2D eigenvalue weighted by Crippen LogP contribution is 2.46. The SMILES string of the molecule is CC(=O)Nc1ccc(S(=O)(=O)N2C3CCC2c2cncnc2C3)c(C)c1. The Morgan fingerprint density at radius 1 is 1.31 bits per heavy atom. The number of carbonyl (C=O) groups excluding carboxylic acids is 1. The van der Waals surface area contributed by atoms with E-state index in [2.05, 4.69) is 15.3 Å². The summed E-state index contributed by atoms with van der Waals surface area (Å²) in [5.41, 5.74) is 3.08. The summed E-state index contributed by atoms with van der Waals surface area (Å²) in [6.07, 6.45) is 5.49. The molecule has 3 heterocycles. The largest absolute Gasteiger partial charge is 0.326 e. The number of rotatable bonds is 3. The van der Waals surface area contributed by atoms with Gasteiger partial charge in [-0.1, -0.05) is 0 Å². The van der Waals surface area contributed by atoms with E-state index < -0.39 is 10.0 Å². The van der Waals surface area contributed by atoms with Gasteiger partial charge in [0.2, 0.25) is 15.9 Å². The molecule has 2 unspecified atom stereocenters. The Hall–Kier alpha value is -2.32. The number of aryl methyl sites for hydroxylation is 1. The molecule has 0 spiro atoms. The maximum atomic E-state index is 13.4. The number of hydrogen-bond donors (Lipinski definition) is 1. The van der Waals surface area contributed by atoms with Crippen molar-refractivity contribution in [3.8, 4) is 0 Å². The number of amides is 1. The predicted molar refractivity (Wildman–Crippen MR) is 96.0 cm³/mol. The van der Waals surface area contributed by atoms with Crippen LogP contribution in [0.2, 0.25) is 0 Å². The van der Waals surface area contributed by atoms with Gasteiger partial charge in [0, 0.05) is 36.8 Å². The molecular weight excluding hydrogens is 352 g/mol. The first kappa shape index (κ1) is 17.1. The summed E-state index contributed by atoms with van der Waals surface area (Å²) in [6, 6.07) is 4.62. The van der Waals surface area contributed by atoms with Gasteiger partial charge in [-0.2, -0.15) is 4.31 Å². The second kappa shape index (κ2) is 6.14. The van der Waals surface area contributed by atoms with E-state index in [4.69, 9.17) is 0 Å². The predicted octanol–water partition coefficient (Wildman–Crippen LogP) is 2.19. The number of carbonyl (C=O) groups is 1. The van der Waals surface area contributed by atoms with Gasteiger partial charge in [0.15, 0.2) is 0 Å². The lowest BCUT2D eigenvalue weighted by Crippen LogP contribution is -2.42. The van der Waals surface area contributed by atoms with Gasteiger partial charge < -0.3 is 5.32 Å². The molecule has 2 atom stereocenters. The van der Waals surface area contributed by atoms with Gasteiger partial charge in [-0.3, -0.25) is 4.79 Å². The molecule has 2 aliphatic rings. The zero-order valence-corrected chi connectivity index (χ0v) is 15.5. The Balaban J connectivity index is 1.73. The molecule has 1 amide bonds. The molecule has 0 radical (unpaired) electrons. The second-order valence-electron chi connectivity index (χ2n) is 6.87. The lowest BCUT2D eigenvalue weighted by molar-refractivity contribution is -0.114. The van der Waals surface area contributed by atoms with Crippen LogP contribution in [0, 0.1) is 6.92 Å². The van der Waals surface area contributed by atoms with E-state index in [9.17, 15) is 13.2 Å². The maximum absolute atomic E-state index is 13.4. The number of nitrogens with one attached hydrogen (secondary N) is 1. The van der Waals surface area contributed by atoms with Crippen LogP contribution in [0.1, 0.15) is 42.6 Å². The van der Waals surface area contributed by atoms with Crippen LogP contribution in [0.5, 0.6) is 0 Å². The molecular formula is C18H20N4O3S. The molecule has 136 valence electrons. The number of nitrogens with zero attached hydrogens (tertiary/aromatic N) is 3. The first-order valence-corrected chi connectivity index (χ1v) is 10.0. The molecule has 8 heteroatoms. The second-order valence-corrected chi connectivity index (χ2v) is 8.68. The molecule has 0 aliphatic carbocycles. The molecule has 7 nitrogen and oxygen atoms in total. The highest BCUT2D eigenvalue weighted by atomic mass is 32.2. The van der Waals surface area contributed by atoms with Crippen LogP contribution in [-0.2, 0) is 21.2 Å². The number of hydrogen-bond acceptors (Lipinski definition) is 5. The van der Waals surface area contributed by atoms with Crippen LogP contribution in [0.15, 0.2) is 35.6 Å². The molecule has 2 bridgehead atoms. The Bertz CT molecular complexity index is 990. The minimum Gasteiger partial charge on any atom is -0.326 e. The summed E-state index contributed by atoms with van der Waals surface area (Å²) in [5.74, 6) is -0.189. The number of anilines is 1. The first-order valence-electron chi connectivity index (χ1n) is 8.58. The molecule has 2 aliphatic heterocycles. The smallest absolute Gasteiger partial charge is 0.244 e. The van der Waals surface area contributed by atoms with Gasteiger partial charge in [-0.25, -0.2) is 18.4 Å². The van der Waals surface area contributed by atoms with E-state index in [1.165, 1.54) is 13.3 Å². The first-order chi connectivity index (χ1) is 12.4. The minimum atomic E-state index is -3.65. The van der Waals surface area contributed by atoms with Crippen LogP contribution in [0.4, 0.5) is 5.69 Å². The molecule has 26 heavy (non-hydrogen) atoms.